The average Bonchev–Trinajstić information content (AvgIpc) is 2.34. The van der Waals surface area contributed by atoms with Gasteiger partial charge in [-0.05, 0) is 6.92 Å². The SMILES string of the molecule is CC(=O)CCC(=O)NC1(C(O)O)C(O)[C@H](O)C1CO. The molecule has 110 valence electrons. The lowest BCUT2D eigenvalue weighted by molar-refractivity contribution is -0.268. The number of nitrogens with one attached hydrogen (secondary N) is 1. The first-order valence-corrected chi connectivity index (χ1v) is 5.91. The Kier molecular flexibility index (Phi) is 4.99. The van der Waals surface area contributed by atoms with Crippen LogP contribution in [0.3, 0.4) is 0 Å². The van der Waals surface area contributed by atoms with Gasteiger partial charge in [0, 0.05) is 18.8 Å². The number of Topliss-reactive ketones (excluding diaryl/α,β-unsaturated/α-hetero) is 1. The molecule has 1 aliphatic rings. The summed E-state index contributed by atoms with van der Waals surface area (Å²) in [5, 5.41) is 49.1. The molecule has 1 aliphatic carbocycles. The number of aliphatic hydroxyl groups excluding tert-OH is 4. The van der Waals surface area contributed by atoms with Gasteiger partial charge in [-0.25, -0.2) is 0 Å². The fraction of sp³-hybridized carbons (Fsp3) is 0.818. The van der Waals surface area contributed by atoms with Gasteiger partial charge in [-0.1, -0.05) is 0 Å². The zero-order chi connectivity index (χ0) is 14.8. The Labute approximate surface area is 109 Å². The van der Waals surface area contributed by atoms with E-state index in [1.54, 1.807) is 0 Å². The zero-order valence-corrected chi connectivity index (χ0v) is 10.5. The topological polar surface area (TPSA) is 147 Å². The number of carbonyl (C=O) groups is 2. The highest BCUT2D eigenvalue weighted by Gasteiger charge is 2.65. The normalized spacial score (nSPS) is 33.9. The monoisotopic (exact) mass is 277 g/mol. The summed E-state index contributed by atoms with van der Waals surface area (Å²) in [5.74, 6) is -1.97. The molecule has 1 rings (SSSR count). The highest BCUT2D eigenvalue weighted by molar-refractivity contribution is 5.84. The summed E-state index contributed by atoms with van der Waals surface area (Å²) in [6.45, 7) is 0.672. The van der Waals surface area contributed by atoms with E-state index in [0.717, 1.165) is 0 Å². The molecule has 1 saturated carbocycles. The summed E-state index contributed by atoms with van der Waals surface area (Å²) in [6.07, 6.45) is -5.31. The van der Waals surface area contributed by atoms with E-state index in [1.165, 1.54) is 6.92 Å². The Balaban J connectivity index is 2.78. The van der Waals surface area contributed by atoms with Gasteiger partial charge in [0.1, 0.15) is 17.4 Å². The minimum Gasteiger partial charge on any atom is -0.396 e. The number of ketones is 1. The Morgan fingerprint density at radius 2 is 1.84 bits per heavy atom. The van der Waals surface area contributed by atoms with Crippen LogP contribution in [-0.2, 0) is 9.59 Å². The minimum absolute atomic E-state index is 0.0219. The van der Waals surface area contributed by atoms with E-state index in [0.29, 0.717) is 0 Å². The van der Waals surface area contributed by atoms with Crippen molar-refractivity contribution in [2.24, 2.45) is 5.92 Å². The molecule has 0 radical (unpaired) electrons. The minimum atomic E-state index is -2.15. The van der Waals surface area contributed by atoms with Gasteiger partial charge in [-0.3, -0.25) is 4.79 Å². The van der Waals surface area contributed by atoms with Gasteiger partial charge in [-0.2, -0.15) is 0 Å². The summed E-state index contributed by atoms with van der Waals surface area (Å²) in [4.78, 5) is 22.4. The first-order chi connectivity index (χ1) is 8.77. The second-order valence-electron chi connectivity index (χ2n) is 4.78. The fourth-order valence-corrected chi connectivity index (χ4v) is 2.31. The molecule has 8 nitrogen and oxygen atoms in total. The summed E-state index contributed by atoms with van der Waals surface area (Å²) in [6, 6.07) is 0. The zero-order valence-electron chi connectivity index (χ0n) is 10.5. The molecule has 6 N–H and O–H groups in total. The second kappa shape index (κ2) is 5.93. The van der Waals surface area contributed by atoms with E-state index in [2.05, 4.69) is 5.32 Å². The van der Waals surface area contributed by atoms with Gasteiger partial charge < -0.3 is 35.6 Å². The maximum atomic E-state index is 11.6. The summed E-state index contributed by atoms with van der Waals surface area (Å²) in [5.41, 5.74) is -1.91. The number of hydrogen-bond donors (Lipinski definition) is 6. The van der Waals surface area contributed by atoms with Crippen molar-refractivity contribution in [2.75, 3.05) is 6.61 Å². The molecule has 0 aromatic rings. The standard InChI is InChI=1S/C11H19NO7/c1-5(14)2-3-7(15)12-11(10(18)19)6(4-13)8(16)9(11)17/h6,8-10,13,16-19H,2-4H2,1H3,(H,12,15)/t6?,8-,9?,11?/m1/s1. The van der Waals surface area contributed by atoms with Gasteiger partial charge >= 0.3 is 0 Å². The highest BCUT2D eigenvalue weighted by Crippen LogP contribution is 2.41. The molecule has 0 aromatic carbocycles. The Hall–Kier alpha value is -1.06. The van der Waals surface area contributed by atoms with Crippen LogP contribution >= 0.6 is 0 Å². The van der Waals surface area contributed by atoms with E-state index < -0.39 is 42.5 Å². The van der Waals surface area contributed by atoms with Crippen LogP contribution in [0.25, 0.3) is 0 Å². The van der Waals surface area contributed by atoms with Crippen molar-refractivity contribution in [3.8, 4) is 0 Å². The molecule has 0 aromatic heterocycles. The van der Waals surface area contributed by atoms with Crippen LogP contribution in [0.4, 0.5) is 0 Å². The lowest BCUT2D eigenvalue weighted by atomic mass is 9.61. The van der Waals surface area contributed by atoms with E-state index in [-0.39, 0.29) is 18.6 Å². The smallest absolute Gasteiger partial charge is 0.221 e. The van der Waals surface area contributed by atoms with E-state index >= 15 is 0 Å². The first-order valence-electron chi connectivity index (χ1n) is 5.91. The van der Waals surface area contributed by atoms with Crippen molar-refractivity contribution in [1.29, 1.82) is 0 Å². The van der Waals surface area contributed by atoms with E-state index in [9.17, 15) is 30.0 Å². The van der Waals surface area contributed by atoms with Crippen LogP contribution in [0.15, 0.2) is 0 Å². The van der Waals surface area contributed by atoms with E-state index in [4.69, 9.17) is 5.11 Å². The Bertz CT molecular complexity index is 359. The molecule has 0 saturated heterocycles. The molecule has 1 fully saturated rings. The molecule has 8 heteroatoms. The largest absolute Gasteiger partial charge is 0.396 e. The van der Waals surface area contributed by atoms with Crippen molar-refractivity contribution in [2.45, 2.75) is 43.8 Å². The van der Waals surface area contributed by atoms with Crippen molar-refractivity contribution < 1.29 is 35.1 Å². The molecule has 4 atom stereocenters. The number of aliphatic hydroxyl groups is 5. The van der Waals surface area contributed by atoms with Crippen LogP contribution in [0, 0.1) is 5.92 Å². The third kappa shape index (κ3) is 2.77. The quantitative estimate of drug-likeness (QED) is 0.281. The first kappa shape index (κ1) is 16.0. The van der Waals surface area contributed by atoms with Crippen molar-refractivity contribution >= 4 is 11.7 Å². The number of carbonyl (C=O) groups excluding carboxylic acids is 2. The second-order valence-corrected chi connectivity index (χ2v) is 4.78. The van der Waals surface area contributed by atoms with Crippen LogP contribution in [0.5, 0.6) is 0 Å². The number of rotatable bonds is 6. The van der Waals surface area contributed by atoms with Crippen molar-refractivity contribution in [3.05, 3.63) is 0 Å². The van der Waals surface area contributed by atoms with Crippen LogP contribution < -0.4 is 5.32 Å². The molecular weight excluding hydrogens is 258 g/mol. The maximum absolute atomic E-state index is 11.6. The fourth-order valence-electron chi connectivity index (χ4n) is 2.31. The lowest BCUT2D eigenvalue weighted by Gasteiger charge is -2.56. The molecule has 3 unspecified atom stereocenters. The Morgan fingerprint density at radius 3 is 2.26 bits per heavy atom. The van der Waals surface area contributed by atoms with Gasteiger partial charge in [-0.15, -0.1) is 0 Å². The number of amides is 1. The van der Waals surface area contributed by atoms with Crippen molar-refractivity contribution in [3.63, 3.8) is 0 Å². The molecule has 1 amide bonds. The number of hydrogen-bond acceptors (Lipinski definition) is 7. The Morgan fingerprint density at radius 1 is 1.26 bits per heavy atom. The maximum Gasteiger partial charge on any atom is 0.221 e. The lowest BCUT2D eigenvalue weighted by Crippen LogP contribution is -2.82. The third-order valence-electron chi connectivity index (χ3n) is 3.52. The summed E-state index contributed by atoms with van der Waals surface area (Å²) >= 11 is 0. The van der Waals surface area contributed by atoms with Gasteiger partial charge in [0.2, 0.25) is 5.91 Å². The van der Waals surface area contributed by atoms with Gasteiger partial charge in [0.05, 0.1) is 12.7 Å². The average molecular weight is 277 g/mol. The van der Waals surface area contributed by atoms with Gasteiger partial charge in [0.15, 0.2) is 6.29 Å². The van der Waals surface area contributed by atoms with Crippen LogP contribution in [0.1, 0.15) is 19.8 Å². The van der Waals surface area contributed by atoms with Crippen molar-refractivity contribution in [1.82, 2.24) is 5.32 Å². The van der Waals surface area contributed by atoms with Crippen LogP contribution in [-0.4, -0.2) is 67.9 Å². The molecule has 19 heavy (non-hydrogen) atoms. The molecule has 0 bridgehead atoms. The molecule has 0 aliphatic heterocycles. The molecule has 0 heterocycles. The predicted octanol–water partition coefficient (Wildman–Crippen LogP) is -3.13. The summed E-state index contributed by atoms with van der Waals surface area (Å²) < 4.78 is 0. The third-order valence-corrected chi connectivity index (χ3v) is 3.52. The van der Waals surface area contributed by atoms with Crippen LogP contribution in [0.2, 0.25) is 0 Å². The van der Waals surface area contributed by atoms with Gasteiger partial charge in [0.25, 0.3) is 0 Å². The predicted molar refractivity (Wildman–Crippen MR) is 61.6 cm³/mol. The van der Waals surface area contributed by atoms with E-state index in [1.807, 2.05) is 0 Å². The molecule has 0 spiro atoms. The molecular formula is C11H19NO7. The highest BCUT2D eigenvalue weighted by atomic mass is 16.5. The summed E-state index contributed by atoms with van der Waals surface area (Å²) in [7, 11) is 0.